The van der Waals surface area contributed by atoms with Gasteiger partial charge in [0.1, 0.15) is 11.8 Å². The molecule has 6 nitrogen and oxygen atoms in total. The minimum atomic E-state index is -0.636. The van der Waals surface area contributed by atoms with Gasteiger partial charge >= 0.3 is 0 Å². The van der Waals surface area contributed by atoms with E-state index >= 15 is 0 Å². The molecule has 0 aliphatic carbocycles. The number of pyridine rings is 1. The molecule has 0 aliphatic rings. The van der Waals surface area contributed by atoms with Gasteiger partial charge in [0.25, 0.3) is 5.91 Å². The van der Waals surface area contributed by atoms with E-state index in [-0.39, 0.29) is 23.8 Å². The van der Waals surface area contributed by atoms with Crippen LogP contribution >= 0.6 is 0 Å². The largest absolute Gasteiger partial charge is 0.494 e. The molecule has 2 atom stereocenters. The molecule has 27 heavy (non-hydrogen) atoms. The number of rotatable bonds is 8. The number of nitrogens with zero attached hydrogens (tertiary/aromatic N) is 1. The van der Waals surface area contributed by atoms with E-state index in [2.05, 4.69) is 15.6 Å². The van der Waals surface area contributed by atoms with Crippen LogP contribution < -0.4 is 15.4 Å². The molecule has 1 heterocycles. The number of hydrogen-bond donors (Lipinski definition) is 2. The summed E-state index contributed by atoms with van der Waals surface area (Å²) < 4.78 is 5.38. The lowest BCUT2D eigenvalue weighted by atomic mass is 10.0. The molecule has 0 spiro atoms. The van der Waals surface area contributed by atoms with E-state index in [1.807, 2.05) is 39.8 Å². The van der Waals surface area contributed by atoms with Gasteiger partial charge in [0.15, 0.2) is 0 Å². The van der Waals surface area contributed by atoms with Crippen LogP contribution in [0.4, 0.5) is 0 Å². The van der Waals surface area contributed by atoms with Crippen molar-refractivity contribution in [3.8, 4) is 5.75 Å². The van der Waals surface area contributed by atoms with Crippen LogP contribution in [0.25, 0.3) is 0 Å². The second kappa shape index (κ2) is 9.71. The van der Waals surface area contributed by atoms with Crippen molar-refractivity contribution in [2.45, 2.75) is 39.8 Å². The van der Waals surface area contributed by atoms with E-state index in [9.17, 15) is 9.59 Å². The number of carbonyl (C=O) groups is 2. The van der Waals surface area contributed by atoms with Crippen molar-refractivity contribution >= 4 is 11.8 Å². The van der Waals surface area contributed by atoms with Gasteiger partial charge in [0.05, 0.1) is 12.6 Å². The number of carbonyl (C=O) groups excluding carboxylic acids is 2. The van der Waals surface area contributed by atoms with Crippen LogP contribution in [0, 0.1) is 5.92 Å². The molecule has 0 aliphatic heterocycles. The Morgan fingerprint density at radius 1 is 1.07 bits per heavy atom. The van der Waals surface area contributed by atoms with E-state index in [4.69, 9.17) is 4.74 Å². The van der Waals surface area contributed by atoms with Crippen molar-refractivity contribution in [1.82, 2.24) is 15.6 Å². The fraction of sp³-hybridized carbons (Fsp3) is 0.381. The molecule has 2 amide bonds. The van der Waals surface area contributed by atoms with Crippen molar-refractivity contribution in [1.29, 1.82) is 0 Å². The topological polar surface area (TPSA) is 80.3 Å². The van der Waals surface area contributed by atoms with Gasteiger partial charge in [0.2, 0.25) is 5.91 Å². The van der Waals surface area contributed by atoms with Gasteiger partial charge < -0.3 is 15.4 Å². The van der Waals surface area contributed by atoms with Crippen LogP contribution in [-0.4, -0.2) is 29.4 Å². The molecule has 0 radical (unpaired) electrons. The highest BCUT2D eigenvalue weighted by atomic mass is 16.5. The Balaban J connectivity index is 2.03. The van der Waals surface area contributed by atoms with Crippen LogP contribution in [0.5, 0.6) is 5.75 Å². The Morgan fingerprint density at radius 2 is 1.78 bits per heavy atom. The van der Waals surface area contributed by atoms with Crippen molar-refractivity contribution in [2.24, 2.45) is 5.92 Å². The molecular formula is C21H27N3O3. The number of hydrogen-bond acceptors (Lipinski definition) is 4. The van der Waals surface area contributed by atoms with Gasteiger partial charge in [-0.3, -0.25) is 14.6 Å². The SMILES string of the molecule is CCOc1ccc(C(=O)NC(C(=O)NC(C)c2cccnc2)C(C)C)cc1. The zero-order valence-corrected chi connectivity index (χ0v) is 16.2. The number of nitrogens with one attached hydrogen (secondary N) is 2. The molecule has 2 unspecified atom stereocenters. The summed E-state index contributed by atoms with van der Waals surface area (Å²) in [5.41, 5.74) is 1.39. The molecule has 0 saturated heterocycles. The number of aromatic nitrogens is 1. The number of amides is 2. The fourth-order valence-corrected chi connectivity index (χ4v) is 2.65. The first kappa shape index (κ1) is 20.4. The third-order valence-electron chi connectivity index (χ3n) is 4.21. The van der Waals surface area contributed by atoms with Crippen molar-refractivity contribution in [3.05, 3.63) is 59.9 Å². The molecule has 144 valence electrons. The second-order valence-electron chi connectivity index (χ2n) is 6.67. The van der Waals surface area contributed by atoms with Crippen molar-refractivity contribution in [2.75, 3.05) is 6.61 Å². The van der Waals surface area contributed by atoms with E-state index in [1.54, 1.807) is 36.7 Å². The van der Waals surface area contributed by atoms with Crippen LogP contribution in [0.3, 0.4) is 0 Å². The normalized spacial score (nSPS) is 12.9. The first-order valence-corrected chi connectivity index (χ1v) is 9.16. The summed E-state index contributed by atoms with van der Waals surface area (Å²) in [7, 11) is 0. The minimum Gasteiger partial charge on any atom is -0.494 e. The maximum atomic E-state index is 12.7. The third-order valence-corrected chi connectivity index (χ3v) is 4.21. The first-order chi connectivity index (χ1) is 12.9. The maximum Gasteiger partial charge on any atom is 0.251 e. The Hall–Kier alpha value is -2.89. The Labute approximate surface area is 160 Å². The minimum absolute atomic E-state index is 0.0576. The van der Waals surface area contributed by atoms with Crippen LogP contribution in [0.15, 0.2) is 48.8 Å². The van der Waals surface area contributed by atoms with Gasteiger partial charge in [-0.05, 0) is 55.7 Å². The lowest BCUT2D eigenvalue weighted by molar-refractivity contribution is -0.124. The molecule has 0 bridgehead atoms. The van der Waals surface area contributed by atoms with Crippen LogP contribution in [0.2, 0.25) is 0 Å². The summed E-state index contributed by atoms with van der Waals surface area (Å²) in [6, 6.07) is 9.76. The smallest absolute Gasteiger partial charge is 0.251 e. The Morgan fingerprint density at radius 3 is 2.33 bits per heavy atom. The molecule has 0 fully saturated rings. The highest BCUT2D eigenvalue weighted by Gasteiger charge is 2.26. The Bertz CT molecular complexity index is 745. The standard InChI is InChI=1S/C21H27N3O3/c1-5-27-18-10-8-16(9-11-18)20(25)24-19(14(2)3)21(26)23-15(4)17-7-6-12-22-13-17/h6-15,19H,5H2,1-4H3,(H,23,26)(H,24,25). The first-order valence-electron chi connectivity index (χ1n) is 9.16. The molecule has 0 saturated carbocycles. The molecule has 1 aromatic heterocycles. The van der Waals surface area contributed by atoms with Gasteiger partial charge in [0, 0.05) is 18.0 Å². The summed E-state index contributed by atoms with van der Waals surface area (Å²) >= 11 is 0. The van der Waals surface area contributed by atoms with Crippen molar-refractivity contribution in [3.63, 3.8) is 0 Å². The number of benzene rings is 1. The molecule has 2 rings (SSSR count). The Kier molecular flexibility index (Phi) is 7.34. The van der Waals surface area contributed by atoms with E-state index in [1.165, 1.54) is 0 Å². The molecular weight excluding hydrogens is 342 g/mol. The molecule has 6 heteroatoms. The fourth-order valence-electron chi connectivity index (χ4n) is 2.65. The summed E-state index contributed by atoms with van der Waals surface area (Å²) in [5.74, 6) is 0.136. The summed E-state index contributed by atoms with van der Waals surface area (Å²) in [6.07, 6.45) is 3.40. The van der Waals surface area contributed by atoms with E-state index < -0.39 is 6.04 Å². The van der Waals surface area contributed by atoms with E-state index in [0.717, 1.165) is 5.56 Å². The summed E-state index contributed by atoms with van der Waals surface area (Å²) in [6.45, 7) is 8.16. The maximum absolute atomic E-state index is 12.7. The third kappa shape index (κ3) is 5.81. The molecule has 1 aromatic carbocycles. The predicted molar refractivity (Wildman–Crippen MR) is 104 cm³/mol. The quantitative estimate of drug-likeness (QED) is 0.749. The zero-order valence-electron chi connectivity index (χ0n) is 16.2. The average molecular weight is 369 g/mol. The number of ether oxygens (including phenoxy) is 1. The molecule has 2 N–H and O–H groups in total. The summed E-state index contributed by atoms with van der Waals surface area (Å²) in [5, 5.41) is 5.78. The van der Waals surface area contributed by atoms with Crippen molar-refractivity contribution < 1.29 is 14.3 Å². The summed E-state index contributed by atoms with van der Waals surface area (Å²) in [4.78, 5) is 29.3. The predicted octanol–water partition coefficient (Wildman–Crippen LogP) is 3.11. The average Bonchev–Trinajstić information content (AvgIpc) is 2.67. The van der Waals surface area contributed by atoms with Gasteiger partial charge in [-0.2, -0.15) is 0 Å². The van der Waals surface area contributed by atoms with E-state index in [0.29, 0.717) is 17.9 Å². The van der Waals surface area contributed by atoms with Gasteiger partial charge in [-0.1, -0.05) is 19.9 Å². The lowest BCUT2D eigenvalue weighted by Crippen LogP contribution is -2.50. The highest BCUT2D eigenvalue weighted by molar-refractivity contribution is 5.97. The highest BCUT2D eigenvalue weighted by Crippen LogP contribution is 2.14. The second-order valence-corrected chi connectivity index (χ2v) is 6.67. The monoisotopic (exact) mass is 369 g/mol. The van der Waals surface area contributed by atoms with Gasteiger partial charge in [-0.15, -0.1) is 0 Å². The van der Waals surface area contributed by atoms with Gasteiger partial charge in [-0.25, -0.2) is 0 Å². The van der Waals surface area contributed by atoms with Crippen LogP contribution in [-0.2, 0) is 4.79 Å². The zero-order chi connectivity index (χ0) is 19.8. The molecule has 2 aromatic rings. The van der Waals surface area contributed by atoms with Crippen LogP contribution in [0.1, 0.15) is 49.7 Å². The lowest BCUT2D eigenvalue weighted by Gasteiger charge is -2.24.